The number of methoxy groups -OCH3 is 1. The van der Waals surface area contributed by atoms with E-state index >= 15 is 0 Å². The lowest BCUT2D eigenvalue weighted by molar-refractivity contribution is 0.270. The summed E-state index contributed by atoms with van der Waals surface area (Å²) in [7, 11) is 1.64. The van der Waals surface area contributed by atoms with Gasteiger partial charge in [0.1, 0.15) is 11.5 Å². The Bertz CT molecular complexity index is 761. The van der Waals surface area contributed by atoms with Gasteiger partial charge in [-0.2, -0.15) is 0 Å². The zero-order valence-electron chi connectivity index (χ0n) is 16.5. The van der Waals surface area contributed by atoms with Gasteiger partial charge in [-0.1, -0.05) is 40.7 Å². The number of benzene rings is 2. The normalized spacial score (nSPS) is 12.2. The fraction of sp³-hybridized carbons (Fsp3) is 0.455. The summed E-state index contributed by atoms with van der Waals surface area (Å²) in [5.41, 5.74) is 1.53. The summed E-state index contributed by atoms with van der Waals surface area (Å²) < 4.78 is 38.0. The Morgan fingerprint density at radius 1 is 0.808 bits per heavy atom. The van der Waals surface area contributed by atoms with Crippen LogP contribution in [0.1, 0.15) is 52.2 Å². The third-order valence-electron chi connectivity index (χ3n) is 4.68. The summed E-state index contributed by atoms with van der Waals surface area (Å²) in [5.74, 6) is -0.145. The van der Waals surface area contributed by atoms with E-state index in [9.17, 15) is 8.78 Å². The molecule has 2 aromatic carbocycles. The quantitative estimate of drug-likeness (QED) is 0.626. The standard InChI is InChI=1S/C22H28F2O2/c1-21(2,3)16-11-17(25-6)14-18(12-16)26-10-9-22(4,5)15-7-8-19(23)20(24)13-15/h7-8,11-14H,9-10H2,1-6H3. The van der Waals surface area contributed by atoms with Crippen LogP contribution in [0, 0.1) is 11.6 Å². The molecule has 26 heavy (non-hydrogen) atoms. The van der Waals surface area contributed by atoms with Gasteiger partial charge < -0.3 is 9.47 Å². The van der Waals surface area contributed by atoms with Gasteiger partial charge in [0.2, 0.25) is 0 Å². The molecule has 4 heteroatoms. The third kappa shape index (κ3) is 4.96. The Kier molecular flexibility index (Phi) is 5.94. The first-order valence-electron chi connectivity index (χ1n) is 8.81. The van der Waals surface area contributed by atoms with Crippen molar-refractivity contribution in [2.45, 2.75) is 51.9 Å². The minimum absolute atomic E-state index is 0.0163. The lowest BCUT2D eigenvalue weighted by atomic mass is 9.82. The molecular weight excluding hydrogens is 334 g/mol. The highest BCUT2D eigenvalue weighted by atomic mass is 19.2. The fourth-order valence-electron chi connectivity index (χ4n) is 2.69. The highest BCUT2D eigenvalue weighted by Gasteiger charge is 2.22. The molecule has 0 saturated heterocycles. The van der Waals surface area contributed by atoms with Crippen molar-refractivity contribution in [1.82, 2.24) is 0 Å². The van der Waals surface area contributed by atoms with E-state index < -0.39 is 11.6 Å². The summed E-state index contributed by atoms with van der Waals surface area (Å²) in [4.78, 5) is 0. The van der Waals surface area contributed by atoms with E-state index in [2.05, 4.69) is 20.8 Å². The average Bonchev–Trinajstić information content (AvgIpc) is 2.56. The number of hydrogen-bond donors (Lipinski definition) is 0. The second kappa shape index (κ2) is 7.65. The second-order valence-corrected chi connectivity index (χ2v) is 8.26. The van der Waals surface area contributed by atoms with Crippen molar-refractivity contribution >= 4 is 0 Å². The molecule has 0 bridgehead atoms. The first-order chi connectivity index (χ1) is 12.0. The Balaban J connectivity index is 2.09. The van der Waals surface area contributed by atoms with Crippen LogP contribution < -0.4 is 9.47 Å². The van der Waals surface area contributed by atoms with Crippen LogP contribution in [0.15, 0.2) is 36.4 Å². The predicted octanol–water partition coefficient (Wildman–Crippen LogP) is 6.02. The van der Waals surface area contributed by atoms with Crippen molar-refractivity contribution in [2.75, 3.05) is 13.7 Å². The average molecular weight is 362 g/mol. The van der Waals surface area contributed by atoms with Crippen molar-refractivity contribution < 1.29 is 18.3 Å². The molecule has 0 aromatic heterocycles. The third-order valence-corrected chi connectivity index (χ3v) is 4.68. The molecule has 0 heterocycles. The molecule has 0 atom stereocenters. The smallest absolute Gasteiger partial charge is 0.159 e. The lowest BCUT2D eigenvalue weighted by Gasteiger charge is -2.26. The summed E-state index contributed by atoms with van der Waals surface area (Å²) in [6, 6.07) is 9.95. The van der Waals surface area contributed by atoms with Gasteiger partial charge in [0.05, 0.1) is 13.7 Å². The van der Waals surface area contributed by atoms with Gasteiger partial charge in [0, 0.05) is 6.07 Å². The monoisotopic (exact) mass is 362 g/mol. The maximum atomic E-state index is 13.5. The van der Waals surface area contributed by atoms with Gasteiger partial charge in [-0.3, -0.25) is 0 Å². The molecule has 0 aliphatic rings. The Hall–Kier alpha value is -2.10. The van der Waals surface area contributed by atoms with Gasteiger partial charge in [-0.25, -0.2) is 8.78 Å². The van der Waals surface area contributed by atoms with Gasteiger partial charge in [0.25, 0.3) is 0 Å². The zero-order chi connectivity index (χ0) is 19.5. The number of hydrogen-bond acceptors (Lipinski definition) is 2. The van der Waals surface area contributed by atoms with Crippen LogP contribution >= 0.6 is 0 Å². The Morgan fingerprint density at radius 3 is 2.04 bits per heavy atom. The molecule has 2 nitrogen and oxygen atoms in total. The lowest BCUT2D eigenvalue weighted by Crippen LogP contribution is -2.21. The van der Waals surface area contributed by atoms with Crippen LogP contribution in [-0.2, 0) is 10.8 Å². The van der Waals surface area contributed by atoms with Crippen LogP contribution in [0.25, 0.3) is 0 Å². The van der Waals surface area contributed by atoms with Crippen LogP contribution in [0.4, 0.5) is 8.78 Å². The minimum Gasteiger partial charge on any atom is -0.497 e. The number of ether oxygens (including phenoxy) is 2. The molecule has 0 saturated carbocycles. The van der Waals surface area contributed by atoms with Gasteiger partial charge >= 0.3 is 0 Å². The van der Waals surface area contributed by atoms with Crippen molar-refractivity contribution in [3.63, 3.8) is 0 Å². The van der Waals surface area contributed by atoms with Crippen LogP contribution in [-0.4, -0.2) is 13.7 Å². The van der Waals surface area contributed by atoms with E-state index in [0.717, 1.165) is 22.6 Å². The van der Waals surface area contributed by atoms with Crippen LogP contribution in [0.2, 0.25) is 0 Å². The fourth-order valence-corrected chi connectivity index (χ4v) is 2.69. The van der Waals surface area contributed by atoms with E-state index in [4.69, 9.17) is 9.47 Å². The van der Waals surface area contributed by atoms with Gasteiger partial charge in [-0.05, 0) is 52.6 Å². The van der Waals surface area contributed by atoms with Crippen molar-refractivity contribution in [3.8, 4) is 11.5 Å². The molecule has 0 spiro atoms. The molecule has 0 N–H and O–H groups in total. The highest BCUT2D eigenvalue weighted by molar-refractivity contribution is 5.41. The molecule has 2 rings (SSSR count). The van der Waals surface area contributed by atoms with Crippen LogP contribution in [0.3, 0.4) is 0 Å². The summed E-state index contributed by atoms with van der Waals surface area (Å²) >= 11 is 0. The molecule has 0 fully saturated rings. The minimum atomic E-state index is -0.827. The van der Waals surface area contributed by atoms with E-state index in [1.54, 1.807) is 13.2 Å². The van der Waals surface area contributed by atoms with Gasteiger partial charge in [-0.15, -0.1) is 0 Å². The summed E-state index contributed by atoms with van der Waals surface area (Å²) in [6.45, 7) is 10.9. The van der Waals surface area contributed by atoms with Crippen molar-refractivity contribution in [2.24, 2.45) is 0 Å². The molecule has 2 aromatic rings. The first-order valence-corrected chi connectivity index (χ1v) is 8.81. The number of halogens is 2. The first kappa shape index (κ1) is 20.2. The molecular formula is C22H28F2O2. The second-order valence-electron chi connectivity index (χ2n) is 8.26. The molecule has 0 amide bonds. The van der Waals surface area contributed by atoms with E-state index in [1.807, 2.05) is 32.0 Å². The zero-order valence-corrected chi connectivity index (χ0v) is 16.5. The SMILES string of the molecule is COc1cc(OCCC(C)(C)c2ccc(F)c(F)c2)cc(C(C)(C)C)c1. The highest BCUT2D eigenvalue weighted by Crippen LogP contribution is 2.32. The molecule has 0 aliphatic heterocycles. The molecule has 142 valence electrons. The van der Waals surface area contributed by atoms with Crippen molar-refractivity contribution in [3.05, 3.63) is 59.2 Å². The van der Waals surface area contributed by atoms with E-state index in [-0.39, 0.29) is 10.8 Å². The Morgan fingerprint density at radius 2 is 1.46 bits per heavy atom. The summed E-state index contributed by atoms with van der Waals surface area (Å²) in [5, 5.41) is 0. The molecule has 0 unspecified atom stereocenters. The molecule has 0 radical (unpaired) electrons. The number of rotatable bonds is 6. The van der Waals surface area contributed by atoms with E-state index in [0.29, 0.717) is 13.0 Å². The van der Waals surface area contributed by atoms with E-state index in [1.165, 1.54) is 12.1 Å². The Labute approximate surface area is 155 Å². The predicted molar refractivity (Wildman–Crippen MR) is 101 cm³/mol. The maximum Gasteiger partial charge on any atom is 0.159 e. The van der Waals surface area contributed by atoms with Gasteiger partial charge in [0.15, 0.2) is 11.6 Å². The molecule has 0 aliphatic carbocycles. The van der Waals surface area contributed by atoms with Crippen molar-refractivity contribution in [1.29, 1.82) is 0 Å². The maximum absolute atomic E-state index is 13.5. The topological polar surface area (TPSA) is 18.5 Å². The van der Waals surface area contributed by atoms with Crippen LogP contribution in [0.5, 0.6) is 11.5 Å². The summed E-state index contributed by atoms with van der Waals surface area (Å²) in [6.07, 6.45) is 0.667. The largest absolute Gasteiger partial charge is 0.497 e.